The second-order valence-corrected chi connectivity index (χ2v) is 4.93. The Balaban J connectivity index is 2.29. The van der Waals surface area contributed by atoms with Gasteiger partial charge in [-0.3, -0.25) is 9.59 Å². The second-order valence-electron chi connectivity index (χ2n) is 4.93. The van der Waals surface area contributed by atoms with Gasteiger partial charge in [0.2, 0.25) is 0 Å². The molecule has 0 fully saturated rings. The second kappa shape index (κ2) is 3.87. The summed E-state index contributed by atoms with van der Waals surface area (Å²) in [6.07, 6.45) is 2.72. The molecular weight excluding hydrogens is 248 g/mol. The summed E-state index contributed by atoms with van der Waals surface area (Å²) in [6.45, 7) is 0. The van der Waals surface area contributed by atoms with Gasteiger partial charge in [-0.1, -0.05) is 42.5 Å². The minimum Gasteiger partial charge on any atom is -0.289 e. The van der Waals surface area contributed by atoms with E-state index in [9.17, 15) is 9.59 Å². The molecule has 0 saturated carbocycles. The SMILES string of the molecule is O=C1C=CC(=O)c2c1ccc1ccc3ccccc3c21. The van der Waals surface area contributed by atoms with Crippen LogP contribution >= 0.6 is 0 Å². The molecule has 0 amide bonds. The molecule has 1 aliphatic carbocycles. The highest BCUT2D eigenvalue weighted by Crippen LogP contribution is 2.32. The Bertz CT molecular complexity index is 933. The molecule has 3 aromatic rings. The molecule has 0 radical (unpaired) electrons. The number of benzene rings is 3. The van der Waals surface area contributed by atoms with Gasteiger partial charge in [0.05, 0.1) is 0 Å². The Hall–Kier alpha value is -2.74. The number of ketones is 2. The molecule has 0 spiro atoms. The fourth-order valence-electron chi connectivity index (χ4n) is 2.88. The first-order valence-electron chi connectivity index (χ1n) is 6.47. The van der Waals surface area contributed by atoms with Crippen molar-refractivity contribution in [2.75, 3.05) is 0 Å². The van der Waals surface area contributed by atoms with Gasteiger partial charge in [-0.25, -0.2) is 0 Å². The molecule has 1 aliphatic rings. The van der Waals surface area contributed by atoms with Crippen LogP contribution in [-0.2, 0) is 0 Å². The van der Waals surface area contributed by atoms with Gasteiger partial charge in [0, 0.05) is 16.5 Å². The lowest BCUT2D eigenvalue weighted by Crippen LogP contribution is -2.12. The molecule has 4 rings (SSSR count). The van der Waals surface area contributed by atoms with Crippen LogP contribution in [0.2, 0.25) is 0 Å². The molecule has 0 bridgehead atoms. The van der Waals surface area contributed by atoms with Crippen LogP contribution in [0.4, 0.5) is 0 Å². The maximum absolute atomic E-state index is 12.2. The van der Waals surface area contributed by atoms with Gasteiger partial charge < -0.3 is 0 Å². The van der Waals surface area contributed by atoms with E-state index in [0.717, 1.165) is 21.5 Å². The Morgan fingerprint density at radius 1 is 0.650 bits per heavy atom. The van der Waals surface area contributed by atoms with Gasteiger partial charge in [0.15, 0.2) is 11.6 Å². The van der Waals surface area contributed by atoms with Crippen LogP contribution in [0.25, 0.3) is 21.5 Å². The van der Waals surface area contributed by atoms with Crippen molar-refractivity contribution in [2.45, 2.75) is 0 Å². The van der Waals surface area contributed by atoms with Crippen LogP contribution in [0.3, 0.4) is 0 Å². The smallest absolute Gasteiger partial charge is 0.187 e. The molecule has 0 aromatic heterocycles. The topological polar surface area (TPSA) is 34.1 Å². The van der Waals surface area contributed by atoms with E-state index in [1.807, 2.05) is 42.5 Å². The van der Waals surface area contributed by atoms with Crippen LogP contribution in [-0.4, -0.2) is 11.6 Å². The van der Waals surface area contributed by atoms with Crippen molar-refractivity contribution in [1.29, 1.82) is 0 Å². The Kier molecular flexibility index (Phi) is 2.15. The van der Waals surface area contributed by atoms with Crippen LogP contribution < -0.4 is 0 Å². The van der Waals surface area contributed by atoms with Gasteiger partial charge in [0.1, 0.15) is 0 Å². The summed E-state index contributed by atoms with van der Waals surface area (Å²) in [5, 5.41) is 3.95. The first kappa shape index (κ1) is 11.1. The van der Waals surface area contributed by atoms with E-state index in [1.165, 1.54) is 12.2 Å². The van der Waals surface area contributed by atoms with E-state index in [2.05, 4.69) is 0 Å². The number of allylic oxidation sites excluding steroid dienone is 2. The van der Waals surface area contributed by atoms with E-state index < -0.39 is 0 Å². The Morgan fingerprint density at radius 2 is 1.35 bits per heavy atom. The summed E-state index contributed by atoms with van der Waals surface area (Å²) in [5.74, 6) is -0.198. The molecule has 0 atom stereocenters. The maximum atomic E-state index is 12.2. The molecule has 3 aromatic carbocycles. The van der Waals surface area contributed by atoms with E-state index >= 15 is 0 Å². The van der Waals surface area contributed by atoms with Crippen LogP contribution in [0.1, 0.15) is 20.7 Å². The minimum atomic E-state index is -0.102. The molecule has 2 nitrogen and oxygen atoms in total. The van der Waals surface area contributed by atoms with Crippen LogP contribution in [0, 0.1) is 0 Å². The highest BCUT2D eigenvalue weighted by atomic mass is 16.1. The average molecular weight is 258 g/mol. The molecule has 2 heteroatoms. The highest BCUT2D eigenvalue weighted by Gasteiger charge is 2.22. The van der Waals surface area contributed by atoms with Crippen molar-refractivity contribution >= 4 is 33.1 Å². The summed E-state index contributed by atoms with van der Waals surface area (Å²) < 4.78 is 0. The van der Waals surface area contributed by atoms with Crippen molar-refractivity contribution in [1.82, 2.24) is 0 Å². The zero-order chi connectivity index (χ0) is 13.7. The van der Waals surface area contributed by atoms with Gasteiger partial charge in [-0.05, 0) is 34.4 Å². The maximum Gasteiger partial charge on any atom is 0.187 e. The number of carbonyl (C=O) groups excluding carboxylic acids is 2. The Labute approximate surface area is 115 Å². The lowest BCUT2D eigenvalue weighted by atomic mass is 9.87. The molecule has 0 heterocycles. The monoisotopic (exact) mass is 258 g/mol. The van der Waals surface area contributed by atoms with E-state index in [0.29, 0.717) is 11.1 Å². The number of hydrogen-bond donors (Lipinski definition) is 0. The number of hydrogen-bond acceptors (Lipinski definition) is 2. The Morgan fingerprint density at radius 3 is 2.25 bits per heavy atom. The third-order valence-electron chi connectivity index (χ3n) is 3.81. The van der Waals surface area contributed by atoms with Crippen molar-refractivity contribution in [3.63, 3.8) is 0 Å². The molecular formula is C18H10O2. The normalized spacial score (nSPS) is 14.0. The molecule has 0 aliphatic heterocycles. The first-order chi connectivity index (χ1) is 9.75. The molecule has 0 unspecified atom stereocenters. The molecule has 20 heavy (non-hydrogen) atoms. The third kappa shape index (κ3) is 1.39. The third-order valence-corrected chi connectivity index (χ3v) is 3.81. The summed E-state index contributed by atoms with van der Waals surface area (Å²) >= 11 is 0. The number of fused-ring (bicyclic) bond motifs is 5. The van der Waals surface area contributed by atoms with Gasteiger partial charge >= 0.3 is 0 Å². The fourth-order valence-corrected chi connectivity index (χ4v) is 2.88. The van der Waals surface area contributed by atoms with Crippen molar-refractivity contribution in [2.24, 2.45) is 0 Å². The van der Waals surface area contributed by atoms with Gasteiger partial charge in [-0.2, -0.15) is 0 Å². The standard InChI is InChI=1S/C18H10O2/c19-15-9-10-16(20)18-14(15)8-7-12-6-5-11-3-1-2-4-13(11)17(12)18/h1-10H. The summed E-state index contributed by atoms with van der Waals surface area (Å²) in [6, 6.07) is 15.6. The predicted octanol–water partition coefficient (Wildman–Crippen LogP) is 3.93. The number of carbonyl (C=O) groups is 2. The fraction of sp³-hybridized carbons (Fsp3) is 0. The van der Waals surface area contributed by atoms with Crippen LogP contribution in [0.15, 0.2) is 60.7 Å². The van der Waals surface area contributed by atoms with Gasteiger partial charge in [-0.15, -0.1) is 0 Å². The van der Waals surface area contributed by atoms with Crippen LogP contribution in [0.5, 0.6) is 0 Å². The molecule has 94 valence electrons. The summed E-state index contributed by atoms with van der Waals surface area (Å²) in [5.41, 5.74) is 1.04. The van der Waals surface area contributed by atoms with E-state index in [1.54, 1.807) is 6.07 Å². The quantitative estimate of drug-likeness (QED) is 0.572. The minimum absolute atomic E-state index is 0.0958. The average Bonchev–Trinajstić information content (AvgIpc) is 2.50. The van der Waals surface area contributed by atoms with E-state index in [-0.39, 0.29) is 11.6 Å². The van der Waals surface area contributed by atoms with Crippen molar-refractivity contribution in [3.05, 3.63) is 71.8 Å². The lowest BCUT2D eigenvalue weighted by molar-refractivity contribution is 0.0995. The number of rotatable bonds is 0. The summed E-state index contributed by atoms with van der Waals surface area (Å²) in [7, 11) is 0. The lowest BCUT2D eigenvalue weighted by Gasteiger charge is -2.14. The first-order valence-corrected chi connectivity index (χ1v) is 6.47. The summed E-state index contributed by atoms with van der Waals surface area (Å²) in [4.78, 5) is 24.2. The predicted molar refractivity (Wildman–Crippen MR) is 79.3 cm³/mol. The zero-order valence-electron chi connectivity index (χ0n) is 10.6. The highest BCUT2D eigenvalue weighted by molar-refractivity contribution is 6.30. The molecule has 0 N–H and O–H groups in total. The largest absolute Gasteiger partial charge is 0.289 e. The van der Waals surface area contributed by atoms with E-state index in [4.69, 9.17) is 0 Å². The zero-order valence-corrected chi connectivity index (χ0v) is 10.6. The van der Waals surface area contributed by atoms with Crippen molar-refractivity contribution < 1.29 is 9.59 Å². The molecule has 0 saturated heterocycles. The van der Waals surface area contributed by atoms with Gasteiger partial charge in [0.25, 0.3) is 0 Å². The van der Waals surface area contributed by atoms with Crippen molar-refractivity contribution in [3.8, 4) is 0 Å².